The number of hydrogen-bond acceptors (Lipinski definition) is 3. The van der Waals surface area contributed by atoms with Crippen molar-refractivity contribution in [3.63, 3.8) is 0 Å². The summed E-state index contributed by atoms with van der Waals surface area (Å²) in [4.78, 5) is 25.2. The molecule has 0 atom stereocenters. The summed E-state index contributed by atoms with van der Waals surface area (Å²) >= 11 is 0. The number of benzene rings is 1. The molecule has 0 aliphatic heterocycles. The van der Waals surface area contributed by atoms with Gasteiger partial charge in [-0.25, -0.2) is 14.2 Å². The van der Waals surface area contributed by atoms with E-state index in [2.05, 4.69) is 20.3 Å². The summed E-state index contributed by atoms with van der Waals surface area (Å²) in [6, 6.07) is 11.5. The fourth-order valence-corrected chi connectivity index (χ4v) is 2.36. The molecule has 0 fully saturated rings. The molecule has 0 radical (unpaired) electrons. The molecule has 0 spiro atoms. The van der Waals surface area contributed by atoms with Gasteiger partial charge in [0.25, 0.3) is 0 Å². The van der Waals surface area contributed by atoms with Crippen LogP contribution in [0.15, 0.2) is 48.7 Å². The summed E-state index contributed by atoms with van der Waals surface area (Å²) in [6.07, 6.45) is 1.68. The second-order valence-electron chi connectivity index (χ2n) is 5.69. The molecule has 0 aliphatic rings. The normalized spacial score (nSPS) is 10.5. The monoisotopic (exact) mass is 339 g/mol. The zero-order valence-corrected chi connectivity index (χ0v) is 14.0. The number of nitrogens with zero attached hydrogens (tertiary/aromatic N) is 3. The Kier molecular flexibility index (Phi) is 4.74. The molecular weight excluding hydrogens is 321 g/mol. The Morgan fingerprint density at radius 3 is 2.76 bits per heavy atom. The number of aromatic amines is 1. The number of imidazole rings is 1. The van der Waals surface area contributed by atoms with E-state index in [-0.39, 0.29) is 18.4 Å². The van der Waals surface area contributed by atoms with E-state index in [4.69, 9.17) is 0 Å². The van der Waals surface area contributed by atoms with Crippen molar-refractivity contribution < 1.29 is 9.18 Å². The van der Waals surface area contributed by atoms with Crippen molar-refractivity contribution in [2.75, 3.05) is 14.1 Å². The number of halogens is 1. The fourth-order valence-electron chi connectivity index (χ4n) is 2.36. The van der Waals surface area contributed by atoms with E-state index in [1.165, 1.54) is 17.0 Å². The van der Waals surface area contributed by atoms with Crippen LogP contribution in [0.1, 0.15) is 5.82 Å². The van der Waals surface area contributed by atoms with Crippen molar-refractivity contribution in [1.82, 2.24) is 25.2 Å². The lowest BCUT2D eigenvalue weighted by Gasteiger charge is -2.10. The van der Waals surface area contributed by atoms with Gasteiger partial charge in [0.15, 0.2) is 0 Å². The van der Waals surface area contributed by atoms with E-state index in [9.17, 15) is 9.18 Å². The van der Waals surface area contributed by atoms with Gasteiger partial charge in [-0.3, -0.25) is 4.98 Å². The van der Waals surface area contributed by atoms with Gasteiger partial charge in [0.2, 0.25) is 0 Å². The number of urea groups is 1. The first-order valence-electron chi connectivity index (χ1n) is 7.76. The second kappa shape index (κ2) is 7.12. The first-order chi connectivity index (χ1) is 12.0. The van der Waals surface area contributed by atoms with E-state index >= 15 is 0 Å². The number of pyridine rings is 1. The summed E-state index contributed by atoms with van der Waals surface area (Å²) in [5.41, 5.74) is 2.61. The van der Waals surface area contributed by atoms with Crippen molar-refractivity contribution in [3.8, 4) is 22.6 Å². The highest BCUT2D eigenvalue weighted by Crippen LogP contribution is 2.29. The predicted octanol–water partition coefficient (Wildman–Crippen LogP) is 3.05. The van der Waals surface area contributed by atoms with Gasteiger partial charge in [0, 0.05) is 25.9 Å². The minimum Gasteiger partial charge on any atom is -0.339 e. The smallest absolute Gasteiger partial charge is 0.317 e. The van der Waals surface area contributed by atoms with Crippen molar-refractivity contribution in [3.05, 3.63) is 60.3 Å². The van der Waals surface area contributed by atoms with Gasteiger partial charge < -0.3 is 15.2 Å². The molecule has 0 aliphatic carbocycles. The van der Waals surface area contributed by atoms with E-state index in [0.717, 1.165) is 0 Å². The number of carbonyl (C=O) groups is 1. The third kappa shape index (κ3) is 3.82. The van der Waals surface area contributed by atoms with Gasteiger partial charge in [-0.2, -0.15) is 0 Å². The van der Waals surface area contributed by atoms with Crippen LogP contribution in [0.2, 0.25) is 0 Å². The SMILES string of the molecule is CN(C)C(=O)NCc1nc(-c2cccc(F)c2)c(-c2ccccn2)[nH]1. The minimum absolute atomic E-state index is 0.219. The van der Waals surface area contributed by atoms with Gasteiger partial charge in [0.05, 0.1) is 23.6 Å². The molecule has 0 bridgehead atoms. The lowest BCUT2D eigenvalue weighted by Crippen LogP contribution is -2.34. The third-order valence-corrected chi connectivity index (χ3v) is 3.59. The topological polar surface area (TPSA) is 73.9 Å². The van der Waals surface area contributed by atoms with E-state index in [1.807, 2.05) is 18.2 Å². The van der Waals surface area contributed by atoms with Gasteiger partial charge in [-0.1, -0.05) is 18.2 Å². The summed E-state index contributed by atoms with van der Waals surface area (Å²) in [6.45, 7) is 0.228. The van der Waals surface area contributed by atoms with Crippen molar-refractivity contribution >= 4 is 6.03 Å². The molecule has 2 amide bonds. The standard InChI is InChI=1S/C18H18FN5O/c1-24(2)18(25)21-11-15-22-16(12-6-5-7-13(19)10-12)17(23-15)14-8-3-4-9-20-14/h3-10H,11H2,1-2H3,(H,21,25)(H,22,23). The van der Waals surface area contributed by atoms with Gasteiger partial charge in [-0.05, 0) is 24.3 Å². The van der Waals surface area contributed by atoms with Crippen molar-refractivity contribution in [2.24, 2.45) is 0 Å². The average Bonchev–Trinajstić information content (AvgIpc) is 3.04. The van der Waals surface area contributed by atoms with E-state index < -0.39 is 0 Å². The number of hydrogen-bond donors (Lipinski definition) is 2. The van der Waals surface area contributed by atoms with E-state index in [1.54, 1.807) is 32.4 Å². The summed E-state index contributed by atoms with van der Waals surface area (Å²) in [5, 5.41) is 2.75. The fraction of sp³-hybridized carbons (Fsp3) is 0.167. The number of nitrogens with one attached hydrogen (secondary N) is 2. The zero-order chi connectivity index (χ0) is 17.8. The van der Waals surface area contributed by atoms with Crippen LogP contribution in [0.25, 0.3) is 22.6 Å². The number of carbonyl (C=O) groups excluding carboxylic acids is 1. The van der Waals surface area contributed by atoms with Crippen LogP contribution in [0.4, 0.5) is 9.18 Å². The van der Waals surface area contributed by atoms with Crippen LogP contribution >= 0.6 is 0 Å². The first kappa shape index (κ1) is 16.6. The number of aromatic nitrogens is 3. The minimum atomic E-state index is -0.338. The maximum Gasteiger partial charge on any atom is 0.317 e. The average molecular weight is 339 g/mol. The highest BCUT2D eigenvalue weighted by Gasteiger charge is 2.16. The van der Waals surface area contributed by atoms with Crippen LogP contribution in [0.3, 0.4) is 0 Å². The Morgan fingerprint density at radius 1 is 1.24 bits per heavy atom. The molecule has 128 valence electrons. The zero-order valence-electron chi connectivity index (χ0n) is 14.0. The predicted molar refractivity (Wildman–Crippen MR) is 93.1 cm³/mol. The third-order valence-electron chi connectivity index (χ3n) is 3.59. The molecule has 1 aromatic carbocycles. The Labute approximate surface area is 144 Å². The Balaban J connectivity index is 1.99. The molecule has 7 heteroatoms. The molecule has 6 nitrogen and oxygen atoms in total. The van der Waals surface area contributed by atoms with Crippen LogP contribution in [-0.4, -0.2) is 40.0 Å². The van der Waals surface area contributed by atoms with Crippen LogP contribution in [-0.2, 0) is 6.54 Å². The Morgan fingerprint density at radius 2 is 2.08 bits per heavy atom. The van der Waals surface area contributed by atoms with Crippen LogP contribution < -0.4 is 5.32 Å². The highest BCUT2D eigenvalue weighted by atomic mass is 19.1. The second-order valence-corrected chi connectivity index (χ2v) is 5.69. The molecule has 3 rings (SSSR count). The molecule has 25 heavy (non-hydrogen) atoms. The summed E-state index contributed by atoms with van der Waals surface area (Å²) < 4.78 is 13.6. The first-order valence-corrected chi connectivity index (χ1v) is 7.76. The van der Waals surface area contributed by atoms with Crippen LogP contribution in [0, 0.1) is 5.82 Å². The molecule has 0 saturated carbocycles. The number of rotatable bonds is 4. The van der Waals surface area contributed by atoms with Crippen molar-refractivity contribution in [1.29, 1.82) is 0 Å². The molecule has 2 aromatic heterocycles. The lowest BCUT2D eigenvalue weighted by atomic mass is 10.1. The van der Waals surface area contributed by atoms with Gasteiger partial charge in [0.1, 0.15) is 11.6 Å². The quantitative estimate of drug-likeness (QED) is 0.767. The molecule has 0 unspecified atom stereocenters. The molecule has 2 N–H and O–H groups in total. The summed E-state index contributed by atoms with van der Waals surface area (Å²) in [5.74, 6) is 0.227. The highest BCUT2D eigenvalue weighted by molar-refractivity contribution is 5.77. The summed E-state index contributed by atoms with van der Waals surface area (Å²) in [7, 11) is 3.32. The van der Waals surface area contributed by atoms with Gasteiger partial charge in [-0.15, -0.1) is 0 Å². The molecule has 0 saturated heterocycles. The van der Waals surface area contributed by atoms with Crippen molar-refractivity contribution in [2.45, 2.75) is 6.54 Å². The molecular formula is C18H18FN5O. The number of amides is 2. The maximum absolute atomic E-state index is 13.6. The Bertz CT molecular complexity index is 876. The molecule has 3 aromatic rings. The lowest BCUT2D eigenvalue weighted by molar-refractivity contribution is 0.216. The van der Waals surface area contributed by atoms with E-state index in [0.29, 0.717) is 28.5 Å². The van der Waals surface area contributed by atoms with Crippen LogP contribution in [0.5, 0.6) is 0 Å². The maximum atomic E-state index is 13.6. The van der Waals surface area contributed by atoms with Gasteiger partial charge >= 0.3 is 6.03 Å². The number of H-pyrrole nitrogens is 1. The Hall–Kier alpha value is -3.22. The molecule has 2 heterocycles. The largest absolute Gasteiger partial charge is 0.339 e.